The molecule has 0 spiro atoms. The molecule has 2 rings (SSSR count). The summed E-state index contributed by atoms with van der Waals surface area (Å²) < 4.78 is 2.21. The Balaban J connectivity index is 0. The van der Waals surface area contributed by atoms with E-state index in [-0.39, 0.29) is 35.9 Å². The van der Waals surface area contributed by atoms with E-state index < -0.39 is 0 Å². The molecule has 4 unspecified atom stereocenters. The number of hydrogen-bond acceptors (Lipinski definition) is 0. The zero-order chi connectivity index (χ0) is 35.8. The van der Waals surface area contributed by atoms with Gasteiger partial charge in [-0.15, -0.1) is 0 Å². The molecule has 0 aromatic carbocycles. The lowest BCUT2D eigenvalue weighted by Crippen LogP contribution is -3.00. The second-order valence-corrected chi connectivity index (χ2v) is 17.4. The fraction of sp³-hybridized carbons (Fsp3) is 0.826. The molecule has 50 heavy (non-hydrogen) atoms. The Hall–Kier alpha value is -0.540. The Morgan fingerprint density at radius 1 is 0.400 bits per heavy atom. The Labute approximate surface area is 328 Å². The van der Waals surface area contributed by atoms with E-state index in [1.165, 1.54) is 154 Å². The first-order valence-corrected chi connectivity index (χ1v) is 21.3. The molecule has 0 fully saturated rings. The molecule has 296 valence electrons. The highest BCUT2D eigenvalue weighted by Crippen LogP contribution is 2.35. The lowest BCUT2D eigenvalue weighted by molar-refractivity contribution is -0.936. The van der Waals surface area contributed by atoms with Crippen LogP contribution >= 0.6 is 0 Å². The van der Waals surface area contributed by atoms with Gasteiger partial charge in [-0.2, -0.15) is 0 Å². The van der Waals surface area contributed by atoms with E-state index in [2.05, 4.69) is 118 Å². The zero-order valence-electron chi connectivity index (χ0n) is 35.4. The average molecular weight is 740 g/mol. The summed E-state index contributed by atoms with van der Waals surface area (Å²) in [5.41, 5.74) is 0.487. The molecule has 2 nitrogen and oxygen atoms in total. The van der Waals surface area contributed by atoms with Gasteiger partial charge < -0.3 is 33.8 Å². The van der Waals surface area contributed by atoms with Gasteiger partial charge in [-0.1, -0.05) is 180 Å². The molecular weight excluding hydrogens is 651 g/mol. The van der Waals surface area contributed by atoms with Crippen LogP contribution in [-0.2, 0) is 0 Å². The first-order valence-electron chi connectivity index (χ1n) is 21.3. The lowest BCUT2D eigenvalue weighted by atomic mass is 9.80. The van der Waals surface area contributed by atoms with Crippen LogP contribution in [0.5, 0.6) is 0 Å². The predicted octanol–water partition coefficient (Wildman–Crippen LogP) is 7.80. The van der Waals surface area contributed by atoms with Gasteiger partial charge >= 0.3 is 0 Å². The largest absolute Gasteiger partial charge is 1.00 e. The highest BCUT2D eigenvalue weighted by Gasteiger charge is 2.44. The van der Waals surface area contributed by atoms with Gasteiger partial charge in [0.05, 0.1) is 41.3 Å². The SMILES string of the molecule is CCCCCCCCCCCCC[N+](C)(C)C1(C)C=CC=CC1C.CCCCCCCCCCCCC[N+](C)(C)C1(C)C=CC=CC1C.[Cl-].[Cl-]. The Kier molecular flexibility index (Phi) is 29.8. The van der Waals surface area contributed by atoms with Crippen molar-refractivity contribution in [1.82, 2.24) is 0 Å². The summed E-state index contributed by atoms with van der Waals surface area (Å²) in [7, 11) is 9.65. The van der Waals surface area contributed by atoms with E-state index >= 15 is 0 Å². The molecule has 2 aliphatic carbocycles. The summed E-state index contributed by atoms with van der Waals surface area (Å²) >= 11 is 0. The number of allylic oxidation sites excluding steroid dienone is 4. The van der Waals surface area contributed by atoms with Crippen molar-refractivity contribution in [1.29, 1.82) is 0 Å². The Morgan fingerprint density at radius 2 is 0.640 bits per heavy atom. The van der Waals surface area contributed by atoms with Gasteiger partial charge in [0, 0.05) is 11.8 Å². The van der Waals surface area contributed by atoms with E-state index in [0.29, 0.717) is 11.8 Å². The smallest absolute Gasteiger partial charge is 0.121 e. The maximum Gasteiger partial charge on any atom is 0.121 e. The summed E-state index contributed by atoms with van der Waals surface area (Å²) in [6.45, 7) is 16.7. The van der Waals surface area contributed by atoms with Crippen molar-refractivity contribution in [2.75, 3.05) is 41.3 Å². The molecule has 0 aliphatic heterocycles. The van der Waals surface area contributed by atoms with Crippen LogP contribution in [0.1, 0.15) is 183 Å². The van der Waals surface area contributed by atoms with Gasteiger partial charge in [-0.3, -0.25) is 0 Å². The lowest BCUT2D eigenvalue weighted by Gasteiger charge is -2.48. The van der Waals surface area contributed by atoms with Crippen LogP contribution in [0, 0.1) is 11.8 Å². The van der Waals surface area contributed by atoms with Crippen molar-refractivity contribution in [2.24, 2.45) is 11.8 Å². The molecule has 0 radical (unpaired) electrons. The Morgan fingerprint density at radius 3 is 0.880 bits per heavy atom. The van der Waals surface area contributed by atoms with Crippen LogP contribution in [0.25, 0.3) is 0 Å². The van der Waals surface area contributed by atoms with Crippen LogP contribution in [-0.4, -0.2) is 61.3 Å². The summed E-state index contributed by atoms with van der Waals surface area (Å²) in [5, 5.41) is 0. The number of unbranched alkanes of at least 4 members (excludes halogenated alkanes) is 20. The van der Waals surface area contributed by atoms with Gasteiger partial charge in [0.2, 0.25) is 0 Å². The molecule has 0 amide bonds. The molecule has 0 aromatic heterocycles. The zero-order valence-corrected chi connectivity index (χ0v) is 36.9. The molecule has 0 saturated heterocycles. The second-order valence-electron chi connectivity index (χ2n) is 17.4. The number of nitrogens with zero attached hydrogens (tertiary/aromatic N) is 2. The third-order valence-corrected chi connectivity index (χ3v) is 13.0. The van der Waals surface area contributed by atoms with Gasteiger partial charge in [0.1, 0.15) is 11.1 Å². The molecule has 4 heteroatoms. The highest BCUT2D eigenvalue weighted by molar-refractivity contribution is 5.21. The van der Waals surface area contributed by atoms with Crippen molar-refractivity contribution in [2.45, 2.75) is 194 Å². The molecule has 4 atom stereocenters. The summed E-state index contributed by atoms with van der Waals surface area (Å²) in [4.78, 5) is 0. The number of likely N-dealkylation sites (N-methyl/N-ethyl adjacent to an activating group) is 2. The maximum atomic E-state index is 2.43. The number of hydrogen-bond donors (Lipinski definition) is 0. The van der Waals surface area contributed by atoms with E-state index in [4.69, 9.17) is 0 Å². The van der Waals surface area contributed by atoms with Crippen molar-refractivity contribution in [3.63, 3.8) is 0 Å². The molecule has 2 aliphatic rings. The standard InChI is InChI=1S/2C23H44N.2ClH/c2*1-6-7-8-9-10-11-12-13-14-15-18-21-24(4,5)23(3)20-17-16-19-22(23)2;;/h2*16-17,19-20,22H,6-15,18,21H2,1-5H3;2*1H/q2*+1;;/p-2. The highest BCUT2D eigenvalue weighted by atomic mass is 35.5. The van der Waals surface area contributed by atoms with E-state index in [1.807, 2.05) is 0 Å². The molecule has 0 saturated carbocycles. The van der Waals surface area contributed by atoms with Gasteiger partial charge in [0.15, 0.2) is 0 Å². The van der Waals surface area contributed by atoms with Crippen molar-refractivity contribution in [3.05, 3.63) is 48.6 Å². The molecule has 0 heterocycles. The summed E-state index contributed by atoms with van der Waals surface area (Å²) in [6.07, 6.45) is 49.8. The monoisotopic (exact) mass is 739 g/mol. The van der Waals surface area contributed by atoms with Crippen molar-refractivity contribution >= 4 is 0 Å². The number of rotatable bonds is 26. The predicted molar refractivity (Wildman–Crippen MR) is 219 cm³/mol. The third-order valence-electron chi connectivity index (χ3n) is 13.0. The molecular formula is C46H88Cl2N2. The van der Waals surface area contributed by atoms with Crippen molar-refractivity contribution < 1.29 is 33.8 Å². The minimum Gasteiger partial charge on any atom is -1.00 e. The topological polar surface area (TPSA) is 0 Å². The normalized spacial score (nSPS) is 22.8. The first kappa shape index (κ1) is 51.6. The third kappa shape index (κ3) is 19.0. The number of quaternary nitrogens is 2. The minimum atomic E-state index is 0. The van der Waals surface area contributed by atoms with Crippen LogP contribution in [0.15, 0.2) is 48.6 Å². The van der Waals surface area contributed by atoms with Gasteiger partial charge in [-0.05, 0) is 51.7 Å². The maximum absolute atomic E-state index is 2.43. The molecule has 0 aromatic rings. The van der Waals surface area contributed by atoms with Crippen LogP contribution in [0.3, 0.4) is 0 Å². The second kappa shape index (κ2) is 28.9. The van der Waals surface area contributed by atoms with Gasteiger partial charge in [0.25, 0.3) is 0 Å². The van der Waals surface area contributed by atoms with Crippen LogP contribution < -0.4 is 24.8 Å². The fourth-order valence-electron chi connectivity index (χ4n) is 7.99. The summed E-state index contributed by atoms with van der Waals surface area (Å²) in [6, 6.07) is 0. The van der Waals surface area contributed by atoms with Crippen LogP contribution in [0.4, 0.5) is 0 Å². The average Bonchev–Trinajstić information content (AvgIpc) is 3.05. The quantitative estimate of drug-likeness (QED) is 0.0628. The molecule has 0 N–H and O–H groups in total. The fourth-order valence-corrected chi connectivity index (χ4v) is 7.99. The van der Waals surface area contributed by atoms with E-state index in [9.17, 15) is 0 Å². The first-order chi connectivity index (χ1) is 22.9. The summed E-state index contributed by atoms with van der Waals surface area (Å²) in [5.74, 6) is 1.23. The van der Waals surface area contributed by atoms with E-state index in [0.717, 1.165) is 8.97 Å². The Bertz CT molecular complexity index is 845. The minimum absolute atomic E-state index is 0. The van der Waals surface area contributed by atoms with Crippen molar-refractivity contribution in [3.8, 4) is 0 Å². The van der Waals surface area contributed by atoms with Crippen LogP contribution in [0.2, 0.25) is 0 Å². The number of halogens is 2. The van der Waals surface area contributed by atoms with E-state index in [1.54, 1.807) is 0 Å². The molecule has 0 bridgehead atoms. The van der Waals surface area contributed by atoms with Gasteiger partial charge in [-0.25, -0.2) is 0 Å².